The number of rotatable bonds is 2. The molecule has 15 heavy (non-hydrogen) atoms. The molecule has 0 aliphatic carbocycles. The van der Waals surface area contributed by atoms with Gasteiger partial charge in [-0.3, -0.25) is 0 Å². The summed E-state index contributed by atoms with van der Waals surface area (Å²) in [6.07, 6.45) is 0.468. The Morgan fingerprint density at radius 2 is 2.33 bits per heavy atom. The number of benzene rings is 1. The molecule has 0 saturated carbocycles. The summed E-state index contributed by atoms with van der Waals surface area (Å²) < 4.78 is 0. The van der Waals surface area contributed by atoms with Gasteiger partial charge in [-0.15, -0.1) is 0 Å². The molecule has 1 aromatic carbocycles. The molecule has 1 N–H and O–H groups in total. The molecule has 0 fully saturated rings. The summed E-state index contributed by atoms with van der Waals surface area (Å²) in [6.45, 7) is 0.333. The van der Waals surface area contributed by atoms with Gasteiger partial charge in [0.1, 0.15) is 5.75 Å². The predicted molar refractivity (Wildman–Crippen MR) is 58.6 cm³/mol. The fourth-order valence-electron chi connectivity index (χ4n) is 0.917. The molecular weight excluding hydrogens is 214 g/mol. The molecule has 0 unspecified atom stereocenters. The first kappa shape index (κ1) is 11.3. The van der Waals surface area contributed by atoms with Crippen molar-refractivity contribution in [1.29, 1.82) is 0 Å². The third kappa shape index (κ3) is 3.82. The number of aromatic hydroxyl groups is 1. The molecular formula is C10H8ClN3O. The van der Waals surface area contributed by atoms with Gasteiger partial charge in [-0.2, -0.15) is 0 Å². The second-order valence-electron chi connectivity index (χ2n) is 2.67. The van der Waals surface area contributed by atoms with Crippen molar-refractivity contribution in [3.63, 3.8) is 0 Å². The SMILES string of the molecule is [N-]=[N+]=NCCC#Cc1cc(O)ccc1Cl. The van der Waals surface area contributed by atoms with Crippen molar-refractivity contribution in [3.8, 4) is 17.6 Å². The fourth-order valence-corrected chi connectivity index (χ4v) is 1.08. The lowest BCUT2D eigenvalue weighted by atomic mass is 10.2. The van der Waals surface area contributed by atoms with Crippen molar-refractivity contribution >= 4 is 11.6 Å². The van der Waals surface area contributed by atoms with E-state index in [1.165, 1.54) is 12.1 Å². The van der Waals surface area contributed by atoms with Crippen molar-refractivity contribution in [2.24, 2.45) is 5.11 Å². The van der Waals surface area contributed by atoms with Crippen LogP contribution in [0.1, 0.15) is 12.0 Å². The van der Waals surface area contributed by atoms with E-state index in [0.29, 0.717) is 23.6 Å². The minimum absolute atomic E-state index is 0.124. The van der Waals surface area contributed by atoms with Gasteiger partial charge in [-0.05, 0) is 23.7 Å². The van der Waals surface area contributed by atoms with Crippen LogP contribution in [0.2, 0.25) is 5.02 Å². The summed E-state index contributed by atoms with van der Waals surface area (Å²) in [5.41, 5.74) is 8.59. The maximum Gasteiger partial charge on any atom is 0.116 e. The number of phenols is 1. The topological polar surface area (TPSA) is 69.0 Å². The molecule has 76 valence electrons. The summed E-state index contributed by atoms with van der Waals surface area (Å²) in [4.78, 5) is 2.60. The molecule has 4 nitrogen and oxygen atoms in total. The lowest BCUT2D eigenvalue weighted by molar-refractivity contribution is 0.475. The monoisotopic (exact) mass is 221 g/mol. The van der Waals surface area contributed by atoms with Crippen molar-refractivity contribution in [1.82, 2.24) is 0 Å². The van der Waals surface area contributed by atoms with Gasteiger partial charge in [0.05, 0.1) is 5.02 Å². The third-order valence-electron chi connectivity index (χ3n) is 1.57. The second-order valence-corrected chi connectivity index (χ2v) is 3.08. The standard InChI is InChI=1S/C10H8ClN3O/c11-10-5-4-9(15)7-8(10)3-1-2-6-13-14-12/h4-5,7,15H,2,6H2. The zero-order valence-corrected chi connectivity index (χ0v) is 8.57. The summed E-state index contributed by atoms with van der Waals surface area (Å²) in [6, 6.07) is 4.56. The van der Waals surface area contributed by atoms with Gasteiger partial charge >= 0.3 is 0 Å². The zero-order chi connectivity index (χ0) is 11.1. The number of hydrogen-bond donors (Lipinski definition) is 1. The number of hydrogen-bond acceptors (Lipinski definition) is 2. The Hall–Kier alpha value is -1.82. The molecule has 5 heteroatoms. The Morgan fingerprint density at radius 1 is 1.53 bits per heavy atom. The van der Waals surface area contributed by atoms with Crippen LogP contribution in [0, 0.1) is 11.8 Å². The third-order valence-corrected chi connectivity index (χ3v) is 1.90. The highest BCUT2D eigenvalue weighted by molar-refractivity contribution is 6.31. The van der Waals surface area contributed by atoms with Crippen molar-refractivity contribution in [2.75, 3.05) is 6.54 Å². The summed E-state index contributed by atoms with van der Waals surface area (Å²) in [5.74, 6) is 5.71. The quantitative estimate of drug-likeness (QED) is 0.269. The molecule has 0 amide bonds. The molecule has 0 aliphatic rings. The molecule has 0 bridgehead atoms. The first-order valence-electron chi connectivity index (χ1n) is 4.22. The minimum Gasteiger partial charge on any atom is -0.508 e. The van der Waals surface area contributed by atoms with Gasteiger partial charge in [-0.1, -0.05) is 28.6 Å². The van der Waals surface area contributed by atoms with E-state index in [0.717, 1.165) is 0 Å². The Labute approximate surface area is 92.1 Å². The lowest BCUT2D eigenvalue weighted by Gasteiger charge is -1.95. The summed E-state index contributed by atoms with van der Waals surface area (Å²) in [7, 11) is 0. The van der Waals surface area contributed by atoms with Crippen molar-refractivity contribution in [3.05, 3.63) is 39.2 Å². The lowest BCUT2D eigenvalue weighted by Crippen LogP contribution is -1.78. The normalized spacial score (nSPS) is 8.60. The molecule has 0 spiro atoms. The minimum atomic E-state index is 0.124. The second kappa shape index (κ2) is 5.82. The highest BCUT2D eigenvalue weighted by Crippen LogP contribution is 2.19. The average molecular weight is 222 g/mol. The molecule has 0 radical (unpaired) electrons. The number of azide groups is 1. The average Bonchev–Trinajstić information content (AvgIpc) is 2.23. The first-order valence-corrected chi connectivity index (χ1v) is 4.60. The van der Waals surface area contributed by atoms with Gasteiger partial charge in [0.2, 0.25) is 0 Å². The molecule has 1 rings (SSSR count). The fraction of sp³-hybridized carbons (Fsp3) is 0.200. The molecule has 0 aromatic heterocycles. The molecule has 0 atom stereocenters. The molecule has 1 aromatic rings. The van der Waals surface area contributed by atoms with Gasteiger partial charge in [-0.25, -0.2) is 0 Å². The Morgan fingerprint density at radius 3 is 3.07 bits per heavy atom. The van der Waals surface area contributed by atoms with Gasteiger partial charge < -0.3 is 5.11 Å². The van der Waals surface area contributed by atoms with Crippen LogP contribution in [0.15, 0.2) is 23.3 Å². The van der Waals surface area contributed by atoms with Gasteiger partial charge in [0, 0.05) is 23.4 Å². The molecule has 0 heterocycles. The van der Waals surface area contributed by atoms with Crippen molar-refractivity contribution in [2.45, 2.75) is 6.42 Å². The maximum absolute atomic E-state index is 9.19. The number of nitrogens with zero attached hydrogens (tertiary/aromatic N) is 3. The largest absolute Gasteiger partial charge is 0.508 e. The van der Waals surface area contributed by atoms with E-state index in [1.807, 2.05) is 0 Å². The summed E-state index contributed by atoms with van der Waals surface area (Å²) in [5, 5.41) is 13.0. The molecule has 0 aliphatic heterocycles. The van der Waals surface area contributed by atoms with E-state index >= 15 is 0 Å². The highest BCUT2D eigenvalue weighted by Gasteiger charge is 1.96. The van der Waals surface area contributed by atoms with E-state index in [1.54, 1.807) is 6.07 Å². The van der Waals surface area contributed by atoms with E-state index in [9.17, 15) is 5.11 Å². The van der Waals surface area contributed by atoms with Crippen LogP contribution in [-0.2, 0) is 0 Å². The van der Waals surface area contributed by atoms with E-state index in [2.05, 4.69) is 21.9 Å². The smallest absolute Gasteiger partial charge is 0.116 e. The van der Waals surface area contributed by atoms with Crippen LogP contribution < -0.4 is 0 Å². The van der Waals surface area contributed by atoms with E-state index in [-0.39, 0.29) is 5.75 Å². The van der Waals surface area contributed by atoms with Crippen LogP contribution in [0.4, 0.5) is 0 Å². The van der Waals surface area contributed by atoms with Crippen LogP contribution in [0.5, 0.6) is 5.75 Å². The predicted octanol–water partition coefficient (Wildman–Crippen LogP) is 3.10. The summed E-state index contributed by atoms with van der Waals surface area (Å²) >= 11 is 5.84. The maximum atomic E-state index is 9.19. The van der Waals surface area contributed by atoms with Crippen LogP contribution in [0.3, 0.4) is 0 Å². The zero-order valence-electron chi connectivity index (χ0n) is 7.81. The van der Waals surface area contributed by atoms with Crippen LogP contribution >= 0.6 is 11.6 Å². The first-order chi connectivity index (χ1) is 7.24. The van der Waals surface area contributed by atoms with E-state index < -0.39 is 0 Å². The van der Waals surface area contributed by atoms with Crippen LogP contribution in [-0.4, -0.2) is 11.7 Å². The number of halogens is 1. The Balaban J connectivity index is 2.70. The van der Waals surface area contributed by atoms with Crippen LogP contribution in [0.25, 0.3) is 10.4 Å². The van der Waals surface area contributed by atoms with Gasteiger partial charge in [0.15, 0.2) is 0 Å². The Bertz CT molecular complexity index is 455. The number of phenolic OH excluding ortho intramolecular Hbond substituents is 1. The van der Waals surface area contributed by atoms with Gasteiger partial charge in [0.25, 0.3) is 0 Å². The highest BCUT2D eigenvalue weighted by atomic mass is 35.5. The van der Waals surface area contributed by atoms with E-state index in [4.69, 9.17) is 17.1 Å². The van der Waals surface area contributed by atoms with Crippen molar-refractivity contribution < 1.29 is 5.11 Å². The molecule has 0 saturated heterocycles. The Kier molecular flexibility index (Phi) is 4.36.